The molecule has 2 N–H and O–H groups in total. The number of carbonyl (C=O) groups excluding carboxylic acids is 3. The van der Waals surface area contributed by atoms with E-state index in [0.29, 0.717) is 31.7 Å². The van der Waals surface area contributed by atoms with Gasteiger partial charge in [-0.2, -0.15) is 0 Å². The minimum absolute atomic E-state index is 0.0444. The van der Waals surface area contributed by atoms with Gasteiger partial charge in [0.1, 0.15) is 6.04 Å². The Morgan fingerprint density at radius 2 is 1.77 bits per heavy atom. The predicted octanol–water partition coefficient (Wildman–Crippen LogP) is 3.05. The third kappa shape index (κ3) is 6.71. The number of nitrogens with one attached hydrogen (secondary N) is 2. The van der Waals surface area contributed by atoms with Crippen LogP contribution in [0.4, 0.5) is 4.79 Å². The SMILES string of the molecule is CCCCNC(=O)N1CCN(C(=O)C(NC(=O)c2ccc(CC)cc2)C(C)C)CC1C. The van der Waals surface area contributed by atoms with E-state index >= 15 is 0 Å². The van der Waals surface area contributed by atoms with Crippen molar-refractivity contribution < 1.29 is 14.4 Å². The molecule has 1 fully saturated rings. The lowest BCUT2D eigenvalue weighted by atomic mass is 10.0. The molecule has 2 rings (SSSR count). The second kappa shape index (κ2) is 11.7. The van der Waals surface area contributed by atoms with Crippen LogP contribution in [0.3, 0.4) is 0 Å². The summed E-state index contributed by atoms with van der Waals surface area (Å²) in [7, 11) is 0. The van der Waals surface area contributed by atoms with Gasteiger partial charge in [-0.25, -0.2) is 4.79 Å². The Hall–Kier alpha value is -2.57. The third-order valence-corrected chi connectivity index (χ3v) is 5.85. The number of nitrogens with zero attached hydrogens (tertiary/aromatic N) is 2. The van der Waals surface area contributed by atoms with E-state index in [0.717, 1.165) is 19.3 Å². The summed E-state index contributed by atoms with van der Waals surface area (Å²) in [6, 6.07) is 6.72. The molecule has 7 nitrogen and oxygen atoms in total. The van der Waals surface area contributed by atoms with Crippen LogP contribution >= 0.6 is 0 Å². The Labute approximate surface area is 186 Å². The number of hydrogen-bond acceptors (Lipinski definition) is 3. The van der Waals surface area contributed by atoms with Crippen LogP contribution in [0.2, 0.25) is 0 Å². The van der Waals surface area contributed by atoms with Crippen LogP contribution in [0.5, 0.6) is 0 Å². The first-order valence-corrected chi connectivity index (χ1v) is 11.5. The second-order valence-electron chi connectivity index (χ2n) is 8.66. The Kier molecular flexibility index (Phi) is 9.34. The molecule has 2 unspecified atom stereocenters. The molecular weight excluding hydrogens is 392 g/mol. The summed E-state index contributed by atoms with van der Waals surface area (Å²) < 4.78 is 0. The molecule has 172 valence electrons. The van der Waals surface area contributed by atoms with Crippen molar-refractivity contribution in [2.45, 2.75) is 66.0 Å². The molecule has 4 amide bonds. The fourth-order valence-electron chi connectivity index (χ4n) is 3.76. The van der Waals surface area contributed by atoms with Gasteiger partial charge in [0, 0.05) is 37.8 Å². The minimum atomic E-state index is -0.601. The van der Waals surface area contributed by atoms with E-state index in [2.05, 4.69) is 24.5 Å². The van der Waals surface area contributed by atoms with Crippen molar-refractivity contribution in [3.05, 3.63) is 35.4 Å². The van der Waals surface area contributed by atoms with Crippen molar-refractivity contribution in [1.82, 2.24) is 20.4 Å². The highest BCUT2D eigenvalue weighted by molar-refractivity contribution is 5.97. The normalized spacial score (nSPS) is 17.4. The molecular formula is C24H38N4O3. The largest absolute Gasteiger partial charge is 0.340 e. The van der Waals surface area contributed by atoms with Crippen molar-refractivity contribution in [2.75, 3.05) is 26.2 Å². The molecule has 31 heavy (non-hydrogen) atoms. The van der Waals surface area contributed by atoms with Gasteiger partial charge in [0.2, 0.25) is 5.91 Å². The maximum absolute atomic E-state index is 13.2. The second-order valence-corrected chi connectivity index (χ2v) is 8.66. The van der Waals surface area contributed by atoms with Crippen LogP contribution in [0.1, 0.15) is 63.4 Å². The van der Waals surface area contributed by atoms with Crippen LogP contribution in [-0.2, 0) is 11.2 Å². The van der Waals surface area contributed by atoms with E-state index in [1.807, 2.05) is 32.9 Å². The third-order valence-electron chi connectivity index (χ3n) is 5.85. The van der Waals surface area contributed by atoms with Crippen LogP contribution in [0.25, 0.3) is 0 Å². The molecule has 1 aliphatic heterocycles. The highest BCUT2D eigenvalue weighted by Gasteiger charge is 2.34. The summed E-state index contributed by atoms with van der Waals surface area (Å²) in [4.78, 5) is 41.9. The maximum atomic E-state index is 13.2. The number of hydrogen-bond donors (Lipinski definition) is 2. The van der Waals surface area contributed by atoms with Crippen LogP contribution in [0, 0.1) is 5.92 Å². The number of carbonyl (C=O) groups is 3. The lowest BCUT2D eigenvalue weighted by molar-refractivity contribution is -0.136. The lowest BCUT2D eigenvalue weighted by Crippen LogP contribution is -2.61. The van der Waals surface area contributed by atoms with Crippen LogP contribution in [0.15, 0.2) is 24.3 Å². The summed E-state index contributed by atoms with van der Waals surface area (Å²) in [5, 5.41) is 5.88. The standard InChI is InChI=1S/C24H38N4O3/c1-6-8-13-25-24(31)28-15-14-27(16-18(28)5)23(30)21(17(3)4)26-22(29)20-11-9-19(7-2)10-12-20/h9-12,17-18,21H,6-8,13-16H2,1-5H3,(H,25,31)(H,26,29). The molecule has 1 aliphatic rings. The first kappa shape index (κ1) is 24.7. The number of benzene rings is 1. The summed E-state index contributed by atoms with van der Waals surface area (Å²) in [5.74, 6) is -0.375. The molecule has 1 aromatic rings. The number of urea groups is 1. The molecule has 1 saturated heterocycles. The molecule has 1 aromatic carbocycles. The summed E-state index contributed by atoms with van der Waals surface area (Å²) in [5.41, 5.74) is 1.72. The van der Waals surface area contributed by atoms with E-state index in [9.17, 15) is 14.4 Å². The van der Waals surface area contributed by atoms with E-state index in [-0.39, 0.29) is 29.8 Å². The summed E-state index contributed by atoms with van der Waals surface area (Å²) >= 11 is 0. The van der Waals surface area contributed by atoms with Crippen molar-refractivity contribution in [3.8, 4) is 0 Å². The van der Waals surface area contributed by atoms with Gasteiger partial charge in [0.15, 0.2) is 0 Å². The molecule has 0 radical (unpaired) electrons. The zero-order valence-corrected chi connectivity index (χ0v) is 19.6. The minimum Gasteiger partial charge on any atom is -0.340 e. The van der Waals surface area contributed by atoms with Crippen molar-refractivity contribution in [3.63, 3.8) is 0 Å². The predicted molar refractivity (Wildman–Crippen MR) is 123 cm³/mol. The lowest BCUT2D eigenvalue weighted by Gasteiger charge is -2.41. The van der Waals surface area contributed by atoms with Gasteiger partial charge in [-0.1, -0.05) is 46.2 Å². The Morgan fingerprint density at radius 1 is 1.10 bits per heavy atom. The molecule has 2 atom stereocenters. The molecule has 0 spiro atoms. The molecule has 0 bridgehead atoms. The van der Waals surface area contributed by atoms with E-state index in [1.165, 1.54) is 5.56 Å². The van der Waals surface area contributed by atoms with Gasteiger partial charge in [-0.05, 0) is 43.4 Å². The fraction of sp³-hybridized carbons (Fsp3) is 0.625. The van der Waals surface area contributed by atoms with E-state index < -0.39 is 6.04 Å². The number of piperazine rings is 1. The van der Waals surface area contributed by atoms with E-state index in [4.69, 9.17) is 0 Å². The maximum Gasteiger partial charge on any atom is 0.317 e. The Bertz CT molecular complexity index is 748. The first-order valence-electron chi connectivity index (χ1n) is 11.5. The van der Waals surface area contributed by atoms with Gasteiger partial charge in [0.05, 0.1) is 0 Å². The van der Waals surface area contributed by atoms with Gasteiger partial charge >= 0.3 is 6.03 Å². The van der Waals surface area contributed by atoms with Crippen LogP contribution in [-0.4, -0.2) is 65.9 Å². The van der Waals surface area contributed by atoms with Crippen LogP contribution < -0.4 is 10.6 Å². The summed E-state index contributed by atoms with van der Waals surface area (Å²) in [6.45, 7) is 12.1. The zero-order valence-electron chi connectivity index (χ0n) is 19.6. The molecule has 0 saturated carbocycles. The average Bonchev–Trinajstić information content (AvgIpc) is 2.76. The molecule has 0 aromatic heterocycles. The number of rotatable bonds is 8. The Balaban J connectivity index is 1.98. The first-order chi connectivity index (χ1) is 14.8. The van der Waals surface area contributed by atoms with Gasteiger partial charge in [0.25, 0.3) is 5.91 Å². The number of aryl methyl sites for hydroxylation is 1. The fourth-order valence-corrected chi connectivity index (χ4v) is 3.76. The molecule has 1 heterocycles. The quantitative estimate of drug-likeness (QED) is 0.622. The molecule has 7 heteroatoms. The van der Waals surface area contributed by atoms with Gasteiger partial charge in [-0.15, -0.1) is 0 Å². The highest BCUT2D eigenvalue weighted by atomic mass is 16.2. The van der Waals surface area contributed by atoms with Gasteiger partial charge < -0.3 is 20.4 Å². The average molecular weight is 431 g/mol. The van der Waals surface area contributed by atoms with Gasteiger partial charge in [-0.3, -0.25) is 9.59 Å². The van der Waals surface area contributed by atoms with Crippen molar-refractivity contribution in [2.24, 2.45) is 5.92 Å². The molecule has 0 aliphatic carbocycles. The van der Waals surface area contributed by atoms with Crippen molar-refractivity contribution >= 4 is 17.8 Å². The van der Waals surface area contributed by atoms with Crippen molar-refractivity contribution in [1.29, 1.82) is 0 Å². The highest BCUT2D eigenvalue weighted by Crippen LogP contribution is 2.15. The monoisotopic (exact) mass is 430 g/mol. The number of amides is 4. The topological polar surface area (TPSA) is 81.8 Å². The summed E-state index contributed by atoms with van der Waals surface area (Å²) in [6.07, 6.45) is 2.90. The smallest absolute Gasteiger partial charge is 0.317 e. The Morgan fingerprint density at radius 3 is 2.32 bits per heavy atom. The van der Waals surface area contributed by atoms with E-state index in [1.54, 1.807) is 21.9 Å². The number of unbranched alkanes of at least 4 members (excludes halogenated alkanes) is 1. The zero-order chi connectivity index (χ0) is 23.0.